The first kappa shape index (κ1) is 17.3. The molecular formula is C21H26N2O3. The molecule has 5 heteroatoms. The van der Waals surface area contributed by atoms with Crippen molar-refractivity contribution in [2.24, 2.45) is 11.3 Å². The molecule has 2 saturated heterocycles. The summed E-state index contributed by atoms with van der Waals surface area (Å²) in [6.07, 6.45) is 0.950. The van der Waals surface area contributed by atoms with Crippen molar-refractivity contribution in [1.82, 2.24) is 9.80 Å². The topological polar surface area (TPSA) is 56.9 Å². The third-order valence-corrected chi connectivity index (χ3v) is 5.98. The summed E-state index contributed by atoms with van der Waals surface area (Å²) in [5.74, 6) is 1.33. The fraction of sp³-hybridized carbons (Fsp3) is 0.476. The van der Waals surface area contributed by atoms with Gasteiger partial charge in [-0.3, -0.25) is 9.69 Å². The van der Waals surface area contributed by atoms with Gasteiger partial charge in [0, 0.05) is 25.2 Å². The minimum absolute atomic E-state index is 0.225. The van der Waals surface area contributed by atoms with Crippen molar-refractivity contribution in [1.29, 1.82) is 0 Å². The number of benzene rings is 1. The second-order valence-electron chi connectivity index (χ2n) is 7.99. The second-order valence-corrected chi connectivity index (χ2v) is 7.99. The van der Waals surface area contributed by atoms with Crippen LogP contribution in [-0.4, -0.2) is 54.1 Å². The van der Waals surface area contributed by atoms with Gasteiger partial charge in [0.1, 0.15) is 11.5 Å². The number of fused-ring (bicyclic) bond motifs is 1. The van der Waals surface area contributed by atoms with Crippen LogP contribution in [-0.2, 0) is 11.3 Å². The van der Waals surface area contributed by atoms with Gasteiger partial charge in [-0.15, -0.1) is 0 Å². The average molecular weight is 354 g/mol. The Kier molecular flexibility index (Phi) is 4.37. The molecule has 0 saturated carbocycles. The largest absolute Gasteiger partial charge is 0.481 e. The molecule has 3 heterocycles. The molecule has 138 valence electrons. The summed E-state index contributed by atoms with van der Waals surface area (Å²) >= 11 is 0. The lowest BCUT2D eigenvalue weighted by Crippen LogP contribution is -2.52. The molecule has 0 unspecified atom stereocenters. The van der Waals surface area contributed by atoms with Crippen LogP contribution in [0.2, 0.25) is 0 Å². The van der Waals surface area contributed by atoms with Crippen molar-refractivity contribution in [2.75, 3.05) is 33.2 Å². The molecule has 0 radical (unpaired) electrons. The first-order valence-corrected chi connectivity index (χ1v) is 9.26. The normalized spacial score (nSPS) is 26.8. The van der Waals surface area contributed by atoms with E-state index in [1.54, 1.807) is 0 Å². The molecule has 2 aromatic rings. The van der Waals surface area contributed by atoms with E-state index in [1.165, 1.54) is 5.56 Å². The van der Waals surface area contributed by atoms with Gasteiger partial charge < -0.3 is 14.4 Å². The molecule has 1 aromatic carbocycles. The molecule has 2 aliphatic heterocycles. The zero-order valence-corrected chi connectivity index (χ0v) is 15.4. The molecule has 0 aliphatic carbocycles. The first-order valence-electron chi connectivity index (χ1n) is 9.26. The molecule has 0 amide bonds. The number of hydrogen-bond acceptors (Lipinski definition) is 4. The van der Waals surface area contributed by atoms with Crippen LogP contribution >= 0.6 is 0 Å². The minimum atomic E-state index is -0.656. The van der Waals surface area contributed by atoms with Crippen molar-refractivity contribution in [3.63, 3.8) is 0 Å². The van der Waals surface area contributed by atoms with Gasteiger partial charge in [-0.2, -0.15) is 0 Å². The van der Waals surface area contributed by atoms with Crippen LogP contribution in [0.1, 0.15) is 17.7 Å². The number of carboxylic acids is 1. The maximum atomic E-state index is 12.0. The number of hydrogen-bond donors (Lipinski definition) is 1. The Labute approximate surface area is 154 Å². The molecule has 1 N–H and O–H groups in total. The zero-order chi connectivity index (χ0) is 18.3. The van der Waals surface area contributed by atoms with E-state index in [9.17, 15) is 9.90 Å². The molecule has 0 spiro atoms. The average Bonchev–Trinajstić information content (AvgIpc) is 3.20. The van der Waals surface area contributed by atoms with Crippen LogP contribution in [0.5, 0.6) is 0 Å². The Morgan fingerprint density at radius 1 is 1.23 bits per heavy atom. The predicted octanol–water partition coefficient (Wildman–Crippen LogP) is 3.09. The minimum Gasteiger partial charge on any atom is -0.481 e. The summed E-state index contributed by atoms with van der Waals surface area (Å²) in [4.78, 5) is 16.4. The van der Waals surface area contributed by atoms with Gasteiger partial charge in [0.15, 0.2) is 0 Å². The van der Waals surface area contributed by atoms with Crippen LogP contribution in [0.4, 0.5) is 0 Å². The Balaban J connectivity index is 1.49. The highest BCUT2D eigenvalue weighted by Crippen LogP contribution is 2.42. The molecule has 26 heavy (non-hydrogen) atoms. The number of likely N-dealkylation sites (tertiary alicyclic amines) is 2. The fourth-order valence-corrected chi connectivity index (χ4v) is 4.55. The Bertz CT molecular complexity index is 798. The lowest BCUT2D eigenvalue weighted by Gasteiger charge is -2.39. The Morgan fingerprint density at radius 2 is 2.00 bits per heavy atom. The van der Waals surface area contributed by atoms with E-state index in [1.807, 2.05) is 19.2 Å². The van der Waals surface area contributed by atoms with Gasteiger partial charge >= 0.3 is 5.97 Å². The monoisotopic (exact) mass is 354 g/mol. The number of carbonyl (C=O) groups is 1. The third-order valence-electron chi connectivity index (χ3n) is 5.98. The van der Waals surface area contributed by atoms with E-state index in [-0.39, 0.29) is 5.92 Å². The number of rotatable bonds is 4. The van der Waals surface area contributed by atoms with E-state index in [0.717, 1.165) is 36.6 Å². The summed E-state index contributed by atoms with van der Waals surface area (Å²) in [6, 6.07) is 12.3. The molecule has 1 aromatic heterocycles. The van der Waals surface area contributed by atoms with E-state index in [0.29, 0.717) is 19.6 Å². The number of carboxylic acid groups (broad SMARTS) is 1. The SMILES string of the molecule is Cc1ccc(-c2ccc(CN3C[C@H]4CCN(C)C[C@@]4(C(=O)O)C3)o2)cc1. The highest BCUT2D eigenvalue weighted by atomic mass is 16.4. The number of furan rings is 1. The number of piperidine rings is 1. The molecule has 2 aliphatic rings. The van der Waals surface area contributed by atoms with Crippen LogP contribution in [0, 0.1) is 18.3 Å². The molecule has 0 bridgehead atoms. The number of aryl methyl sites for hydroxylation is 1. The fourth-order valence-electron chi connectivity index (χ4n) is 4.55. The maximum Gasteiger partial charge on any atom is 0.312 e. The molecule has 2 fully saturated rings. The standard InChI is InChI=1S/C21H26N2O3/c1-15-3-5-16(6-4-15)19-8-7-18(26-19)12-23-11-17-9-10-22(2)13-21(17,14-23)20(24)25/h3-8,17H,9-14H2,1-2H3,(H,24,25)/t17-,21-/m1/s1. The van der Waals surface area contributed by atoms with Crippen LogP contribution < -0.4 is 0 Å². The summed E-state index contributed by atoms with van der Waals surface area (Å²) in [7, 11) is 2.02. The van der Waals surface area contributed by atoms with Crippen molar-refractivity contribution < 1.29 is 14.3 Å². The summed E-state index contributed by atoms with van der Waals surface area (Å²) < 4.78 is 6.04. The molecule has 2 atom stereocenters. The third kappa shape index (κ3) is 3.06. The van der Waals surface area contributed by atoms with Crippen LogP contribution in [0.15, 0.2) is 40.8 Å². The lowest BCUT2D eigenvalue weighted by atomic mass is 9.73. The van der Waals surface area contributed by atoms with E-state index < -0.39 is 11.4 Å². The van der Waals surface area contributed by atoms with Gasteiger partial charge in [0.25, 0.3) is 0 Å². The van der Waals surface area contributed by atoms with E-state index in [2.05, 4.69) is 41.0 Å². The van der Waals surface area contributed by atoms with Gasteiger partial charge in [-0.05, 0) is 45.0 Å². The Hall–Kier alpha value is -2.11. The van der Waals surface area contributed by atoms with Gasteiger partial charge in [0.2, 0.25) is 0 Å². The van der Waals surface area contributed by atoms with Gasteiger partial charge in [-0.25, -0.2) is 0 Å². The number of nitrogens with zero attached hydrogens (tertiary/aromatic N) is 2. The zero-order valence-electron chi connectivity index (χ0n) is 15.4. The molecular weight excluding hydrogens is 328 g/mol. The van der Waals surface area contributed by atoms with E-state index >= 15 is 0 Å². The van der Waals surface area contributed by atoms with Crippen molar-refractivity contribution in [3.05, 3.63) is 47.7 Å². The van der Waals surface area contributed by atoms with Crippen molar-refractivity contribution in [2.45, 2.75) is 19.9 Å². The van der Waals surface area contributed by atoms with E-state index in [4.69, 9.17) is 4.42 Å². The highest BCUT2D eigenvalue weighted by molar-refractivity contribution is 5.76. The Morgan fingerprint density at radius 3 is 2.73 bits per heavy atom. The van der Waals surface area contributed by atoms with Gasteiger partial charge in [-0.1, -0.05) is 29.8 Å². The van der Waals surface area contributed by atoms with Crippen molar-refractivity contribution in [3.8, 4) is 11.3 Å². The second kappa shape index (κ2) is 6.56. The first-order chi connectivity index (χ1) is 12.5. The van der Waals surface area contributed by atoms with Crippen LogP contribution in [0.3, 0.4) is 0 Å². The molecule has 5 nitrogen and oxygen atoms in total. The molecule has 4 rings (SSSR count). The lowest BCUT2D eigenvalue weighted by molar-refractivity contribution is -0.154. The maximum absolute atomic E-state index is 12.0. The summed E-state index contributed by atoms with van der Waals surface area (Å²) in [5, 5.41) is 9.90. The number of aliphatic carboxylic acids is 1. The van der Waals surface area contributed by atoms with Gasteiger partial charge in [0.05, 0.1) is 12.0 Å². The van der Waals surface area contributed by atoms with Crippen LogP contribution in [0.25, 0.3) is 11.3 Å². The summed E-state index contributed by atoms with van der Waals surface area (Å²) in [5.41, 5.74) is 1.66. The summed E-state index contributed by atoms with van der Waals surface area (Å²) in [6.45, 7) is 5.78. The quantitative estimate of drug-likeness (QED) is 0.914. The predicted molar refractivity (Wildman–Crippen MR) is 99.8 cm³/mol. The smallest absolute Gasteiger partial charge is 0.312 e. The highest BCUT2D eigenvalue weighted by Gasteiger charge is 2.54. The van der Waals surface area contributed by atoms with Crippen molar-refractivity contribution >= 4 is 5.97 Å².